The molecule has 2 unspecified atom stereocenters. The zero-order chi connectivity index (χ0) is 13.7. The normalized spacial score (nSPS) is 32.9. The zero-order valence-corrected chi connectivity index (χ0v) is 12.3. The molecule has 0 spiro atoms. The van der Waals surface area contributed by atoms with Gasteiger partial charge in [0.25, 0.3) is 0 Å². The van der Waals surface area contributed by atoms with Crippen LogP contribution in [0.1, 0.15) is 33.1 Å². The van der Waals surface area contributed by atoms with Gasteiger partial charge in [-0.1, -0.05) is 13.8 Å². The van der Waals surface area contributed by atoms with E-state index in [1.807, 2.05) is 0 Å². The van der Waals surface area contributed by atoms with Gasteiger partial charge in [0.05, 0.1) is 13.2 Å². The van der Waals surface area contributed by atoms with Gasteiger partial charge in [-0.05, 0) is 32.4 Å². The number of aliphatic imine (C=N–C) groups is 1. The highest BCUT2D eigenvalue weighted by Crippen LogP contribution is 2.27. The Labute approximate surface area is 116 Å². The van der Waals surface area contributed by atoms with Crippen LogP contribution in [0.4, 0.5) is 0 Å². The number of nitrogens with one attached hydrogen (secondary N) is 1. The fraction of sp³-hybridized carbons (Fsp3) is 0.929. The Balaban J connectivity index is 1.72. The number of likely N-dealkylation sites (tertiary alicyclic amines) is 1. The lowest BCUT2D eigenvalue weighted by molar-refractivity contribution is 0.163. The molecule has 0 aromatic carbocycles. The van der Waals surface area contributed by atoms with E-state index < -0.39 is 0 Å². The van der Waals surface area contributed by atoms with Gasteiger partial charge >= 0.3 is 0 Å². The molecule has 0 aliphatic carbocycles. The van der Waals surface area contributed by atoms with Crippen LogP contribution in [-0.2, 0) is 4.74 Å². The Kier molecular flexibility index (Phi) is 5.05. The molecule has 0 aromatic heterocycles. The van der Waals surface area contributed by atoms with E-state index in [-0.39, 0.29) is 5.41 Å². The van der Waals surface area contributed by atoms with Crippen LogP contribution in [0.5, 0.6) is 0 Å². The van der Waals surface area contributed by atoms with Crippen molar-refractivity contribution in [3.8, 4) is 0 Å². The molecule has 0 aromatic rings. The Morgan fingerprint density at radius 1 is 1.58 bits per heavy atom. The molecule has 0 radical (unpaired) electrons. The van der Waals surface area contributed by atoms with Crippen molar-refractivity contribution in [1.29, 1.82) is 0 Å². The molecule has 0 bridgehead atoms. The van der Waals surface area contributed by atoms with Crippen LogP contribution in [0.15, 0.2) is 4.99 Å². The number of hydrogen-bond donors (Lipinski definition) is 2. The zero-order valence-electron chi connectivity index (χ0n) is 12.3. The number of nitrogens with zero attached hydrogens (tertiary/aromatic N) is 2. The van der Waals surface area contributed by atoms with E-state index in [1.165, 1.54) is 19.4 Å². The molecule has 2 aliphatic rings. The third-order valence-electron chi connectivity index (χ3n) is 4.36. The van der Waals surface area contributed by atoms with E-state index in [0.717, 1.165) is 39.3 Å². The van der Waals surface area contributed by atoms with Gasteiger partial charge in [0.15, 0.2) is 5.96 Å². The van der Waals surface area contributed by atoms with Crippen molar-refractivity contribution in [3.63, 3.8) is 0 Å². The average Bonchev–Trinajstić information content (AvgIpc) is 3.03. The van der Waals surface area contributed by atoms with Crippen molar-refractivity contribution in [1.82, 2.24) is 10.2 Å². The minimum atomic E-state index is 0.176. The maximum atomic E-state index is 5.96. The van der Waals surface area contributed by atoms with Crippen LogP contribution in [0, 0.1) is 5.41 Å². The quantitative estimate of drug-likeness (QED) is 0.572. The summed E-state index contributed by atoms with van der Waals surface area (Å²) in [6.45, 7) is 10.1. The molecule has 2 saturated heterocycles. The van der Waals surface area contributed by atoms with Gasteiger partial charge in [-0.25, -0.2) is 0 Å². The van der Waals surface area contributed by atoms with E-state index in [4.69, 9.17) is 10.5 Å². The topological polar surface area (TPSA) is 62.9 Å². The molecule has 2 aliphatic heterocycles. The van der Waals surface area contributed by atoms with Crippen molar-refractivity contribution in [2.75, 3.05) is 39.4 Å². The van der Waals surface area contributed by atoms with Crippen molar-refractivity contribution in [2.24, 2.45) is 16.1 Å². The van der Waals surface area contributed by atoms with Crippen LogP contribution in [-0.4, -0.2) is 56.3 Å². The second-order valence-electron chi connectivity index (χ2n) is 6.12. The first-order valence-corrected chi connectivity index (χ1v) is 7.48. The molecule has 2 atom stereocenters. The summed E-state index contributed by atoms with van der Waals surface area (Å²) in [5, 5.41) is 3.28. The van der Waals surface area contributed by atoms with E-state index in [2.05, 4.69) is 29.1 Å². The second-order valence-corrected chi connectivity index (χ2v) is 6.12. The predicted octanol–water partition coefficient (Wildman–Crippen LogP) is 0.802. The van der Waals surface area contributed by atoms with Gasteiger partial charge < -0.3 is 15.8 Å². The highest BCUT2D eigenvalue weighted by atomic mass is 16.5. The summed E-state index contributed by atoms with van der Waals surface area (Å²) < 4.78 is 5.43. The number of guanidine groups is 1. The third kappa shape index (κ3) is 4.08. The smallest absolute Gasteiger partial charge is 0.188 e. The molecule has 3 N–H and O–H groups in total. The number of rotatable bonds is 5. The van der Waals surface area contributed by atoms with Gasteiger partial charge in [-0.3, -0.25) is 9.89 Å². The maximum Gasteiger partial charge on any atom is 0.188 e. The average molecular weight is 268 g/mol. The molecule has 2 rings (SSSR count). The third-order valence-corrected chi connectivity index (χ3v) is 4.36. The van der Waals surface area contributed by atoms with Gasteiger partial charge in [-0.2, -0.15) is 0 Å². The van der Waals surface area contributed by atoms with Crippen LogP contribution < -0.4 is 11.1 Å². The summed E-state index contributed by atoms with van der Waals surface area (Å²) in [5.41, 5.74) is 6.13. The molecule has 0 amide bonds. The molecule has 110 valence electrons. The largest absolute Gasteiger partial charge is 0.381 e. The lowest BCUT2D eigenvalue weighted by Crippen LogP contribution is -2.43. The summed E-state index contributed by atoms with van der Waals surface area (Å²) in [6, 6.07) is 0.615. The number of hydrogen-bond acceptors (Lipinski definition) is 3. The first kappa shape index (κ1) is 14.6. The standard InChI is InChI=1S/C14H28N4O/c1-3-18-7-4-5-12(18)9-16-13(15)17-10-14(2)6-8-19-11-14/h12H,3-11H2,1-2H3,(H3,15,16,17). The summed E-state index contributed by atoms with van der Waals surface area (Å²) in [6.07, 6.45) is 3.64. The molecular weight excluding hydrogens is 240 g/mol. The lowest BCUT2D eigenvalue weighted by atomic mass is 9.90. The van der Waals surface area contributed by atoms with E-state index in [1.54, 1.807) is 0 Å². The van der Waals surface area contributed by atoms with Gasteiger partial charge in [0.1, 0.15) is 0 Å². The molecule has 19 heavy (non-hydrogen) atoms. The second kappa shape index (κ2) is 6.57. The van der Waals surface area contributed by atoms with Crippen LogP contribution in [0.25, 0.3) is 0 Å². The number of ether oxygens (including phenoxy) is 1. The summed E-state index contributed by atoms with van der Waals surface area (Å²) in [7, 11) is 0. The Bertz CT molecular complexity index is 313. The first-order valence-electron chi connectivity index (χ1n) is 7.48. The molecule has 5 heteroatoms. The van der Waals surface area contributed by atoms with Crippen molar-refractivity contribution in [3.05, 3.63) is 0 Å². The van der Waals surface area contributed by atoms with E-state index in [9.17, 15) is 0 Å². The van der Waals surface area contributed by atoms with Gasteiger partial charge in [-0.15, -0.1) is 0 Å². The first-order chi connectivity index (χ1) is 9.13. The minimum Gasteiger partial charge on any atom is -0.381 e. The van der Waals surface area contributed by atoms with Crippen LogP contribution in [0.3, 0.4) is 0 Å². The molecular formula is C14H28N4O. The number of nitrogens with two attached hydrogens (primary N) is 1. The highest BCUT2D eigenvalue weighted by Gasteiger charge is 2.29. The Hall–Kier alpha value is -0.810. The summed E-state index contributed by atoms with van der Waals surface area (Å²) in [4.78, 5) is 6.98. The SMILES string of the molecule is CCN1CCCC1CNC(N)=NCC1(C)CCOC1. The van der Waals surface area contributed by atoms with Gasteiger partial charge in [0.2, 0.25) is 0 Å². The van der Waals surface area contributed by atoms with Crippen molar-refractivity contribution < 1.29 is 4.74 Å². The Morgan fingerprint density at radius 3 is 3.11 bits per heavy atom. The predicted molar refractivity (Wildman–Crippen MR) is 78.3 cm³/mol. The monoisotopic (exact) mass is 268 g/mol. The molecule has 2 heterocycles. The molecule has 0 saturated carbocycles. The Morgan fingerprint density at radius 2 is 2.42 bits per heavy atom. The minimum absolute atomic E-state index is 0.176. The van der Waals surface area contributed by atoms with Crippen LogP contribution in [0.2, 0.25) is 0 Å². The van der Waals surface area contributed by atoms with Gasteiger partial charge in [0, 0.05) is 24.6 Å². The fourth-order valence-corrected chi connectivity index (χ4v) is 2.93. The van der Waals surface area contributed by atoms with E-state index >= 15 is 0 Å². The molecule has 2 fully saturated rings. The molecule has 5 nitrogen and oxygen atoms in total. The van der Waals surface area contributed by atoms with Crippen molar-refractivity contribution in [2.45, 2.75) is 39.2 Å². The van der Waals surface area contributed by atoms with E-state index in [0.29, 0.717) is 12.0 Å². The number of likely N-dealkylation sites (N-methyl/N-ethyl adjacent to an activating group) is 1. The maximum absolute atomic E-state index is 5.96. The fourth-order valence-electron chi connectivity index (χ4n) is 2.93. The van der Waals surface area contributed by atoms with Crippen LogP contribution >= 0.6 is 0 Å². The lowest BCUT2D eigenvalue weighted by Gasteiger charge is -2.23. The highest BCUT2D eigenvalue weighted by molar-refractivity contribution is 5.77. The van der Waals surface area contributed by atoms with Crippen molar-refractivity contribution >= 4 is 5.96 Å². The summed E-state index contributed by atoms with van der Waals surface area (Å²) in [5.74, 6) is 0.580. The summed E-state index contributed by atoms with van der Waals surface area (Å²) >= 11 is 0.